The third-order valence-electron chi connectivity index (χ3n) is 7.47. The zero-order valence-corrected chi connectivity index (χ0v) is 24.6. The van der Waals surface area contributed by atoms with E-state index < -0.39 is 12.1 Å². The summed E-state index contributed by atoms with van der Waals surface area (Å²) in [5.74, 6) is 0.422. The van der Waals surface area contributed by atoms with E-state index in [1.807, 2.05) is 38.1 Å². The van der Waals surface area contributed by atoms with Crippen LogP contribution in [0.5, 0.6) is 17.2 Å². The lowest BCUT2D eigenvalue weighted by Crippen LogP contribution is -2.58. The van der Waals surface area contributed by atoms with Crippen molar-refractivity contribution in [2.24, 2.45) is 0 Å². The fourth-order valence-corrected chi connectivity index (χ4v) is 5.35. The molecular weight excluding hydrogens is 552 g/mol. The second-order valence-electron chi connectivity index (χ2n) is 10.7. The molecule has 2 aromatic carbocycles. The zero-order valence-electron chi connectivity index (χ0n) is 24.6. The number of pyridine rings is 1. The van der Waals surface area contributed by atoms with Crippen LogP contribution >= 0.6 is 0 Å². The van der Waals surface area contributed by atoms with Gasteiger partial charge in [-0.1, -0.05) is 19.1 Å². The highest BCUT2D eigenvalue weighted by molar-refractivity contribution is 5.97. The molecule has 0 radical (unpaired) electrons. The van der Waals surface area contributed by atoms with Crippen LogP contribution in [0.15, 0.2) is 59.4 Å². The van der Waals surface area contributed by atoms with Gasteiger partial charge in [-0.05, 0) is 55.7 Å². The molecule has 3 heterocycles. The number of aryl methyl sites for hydroxylation is 1. The van der Waals surface area contributed by atoms with E-state index in [2.05, 4.69) is 10.3 Å². The second kappa shape index (κ2) is 13.1. The van der Waals surface area contributed by atoms with Crippen molar-refractivity contribution in [3.8, 4) is 17.2 Å². The minimum atomic E-state index is -0.540. The number of fused-ring (bicyclic) bond motifs is 5. The van der Waals surface area contributed by atoms with Gasteiger partial charge in [0.1, 0.15) is 17.2 Å². The number of aromatic nitrogens is 1. The molecule has 1 fully saturated rings. The smallest absolute Gasteiger partial charge is 0.254 e. The molecule has 3 amide bonds. The van der Waals surface area contributed by atoms with Crippen LogP contribution in [-0.4, -0.2) is 77.9 Å². The van der Waals surface area contributed by atoms with Gasteiger partial charge in [0.25, 0.3) is 11.8 Å². The third-order valence-corrected chi connectivity index (χ3v) is 7.47. The van der Waals surface area contributed by atoms with Gasteiger partial charge in [0.15, 0.2) is 0 Å². The van der Waals surface area contributed by atoms with Crippen LogP contribution in [0.4, 0.5) is 0 Å². The highest BCUT2D eigenvalue weighted by atomic mass is 16.5. The quantitative estimate of drug-likeness (QED) is 0.479. The maximum Gasteiger partial charge on any atom is 0.254 e. The lowest BCUT2D eigenvalue weighted by molar-refractivity contribution is -0.124. The fourth-order valence-electron chi connectivity index (χ4n) is 5.35. The number of ether oxygens (including phenoxy) is 3. The van der Waals surface area contributed by atoms with E-state index in [4.69, 9.17) is 14.2 Å². The first-order valence-corrected chi connectivity index (χ1v) is 14.5. The molecule has 2 aliphatic rings. The number of carbonyl (C=O) groups is 3. The number of carbonyl (C=O) groups excluding carboxylic acids is 3. The van der Waals surface area contributed by atoms with Gasteiger partial charge in [0.05, 0.1) is 31.9 Å². The summed E-state index contributed by atoms with van der Waals surface area (Å²) in [5, 5.41) is 3.00. The number of rotatable bonds is 4. The van der Waals surface area contributed by atoms with Crippen LogP contribution in [0, 0.1) is 0 Å². The summed E-state index contributed by atoms with van der Waals surface area (Å²) in [5.41, 5.74) is 1.82. The van der Waals surface area contributed by atoms with Gasteiger partial charge in [-0.2, -0.15) is 0 Å². The van der Waals surface area contributed by atoms with Crippen LogP contribution in [0.2, 0.25) is 0 Å². The molecule has 1 aromatic heterocycles. The lowest BCUT2D eigenvalue weighted by Gasteiger charge is -2.39. The number of nitrogens with zero attached hydrogens (tertiary/aromatic N) is 2. The van der Waals surface area contributed by atoms with Gasteiger partial charge in [-0.3, -0.25) is 19.2 Å². The standard InChI is InChI=1S/C32H36N4O7/c1-4-23-12-21(15-29(37)33-23)32(40)36-10-9-28-27(17-36)34-30(38)18-35(3)31(39)22-13-25(41-5-2)16-26(14-22)43-24-8-6-7-20(11-24)19-42-28/h6-8,11-16,27-28H,4-5,9-10,17-19H2,1-3H3,(H,33,37)(H,34,38)/t27-,28+/m0/s1. The second-order valence-corrected chi connectivity index (χ2v) is 10.7. The number of piperidine rings is 1. The van der Waals surface area contributed by atoms with Crippen LogP contribution in [-0.2, 0) is 22.6 Å². The summed E-state index contributed by atoms with van der Waals surface area (Å²) in [6.45, 7) is 4.78. The van der Waals surface area contributed by atoms with Crippen molar-refractivity contribution in [2.45, 2.75) is 45.4 Å². The van der Waals surface area contributed by atoms with Crippen LogP contribution in [0.1, 0.15) is 52.2 Å². The van der Waals surface area contributed by atoms with Crippen LogP contribution in [0.25, 0.3) is 0 Å². The molecule has 11 nitrogen and oxygen atoms in total. The van der Waals surface area contributed by atoms with Gasteiger partial charge >= 0.3 is 0 Å². The normalized spacial score (nSPS) is 19.2. The molecule has 43 heavy (non-hydrogen) atoms. The maximum atomic E-state index is 13.4. The SMILES string of the molecule is CCOc1cc2cc(c1)C(=O)N(C)CC(=O)N[C@H]1CN(C(=O)c3cc(CC)[nH]c(=O)c3)CC[C@H]1OCc1cccc(c1)O2. The highest BCUT2D eigenvalue weighted by Crippen LogP contribution is 2.29. The van der Waals surface area contributed by atoms with Gasteiger partial charge in [-0.25, -0.2) is 0 Å². The maximum absolute atomic E-state index is 13.4. The number of hydrogen-bond acceptors (Lipinski definition) is 7. The van der Waals surface area contributed by atoms with Crippen LogP contribution in [0.3, 0.4) is 0 Å². The molecule has 2 atom stereocenters. The summed E-state index contributed by atoms with van der Waals surface area (Å²) < 4.78 is 18.1. The summed E-state index contributed by atoms with van der Waals surface area (Å²) in [6.07, 6.45) is 0.662. The summed E-state index contributed by atoms with van der Waals surface area (Å²) >= 11 is 0. The Morgan fingerprint density at radius 3 is 2.67 bits per heavy atom. The molecule has 11 heteroatoms. The molecule has 4 bridgehead atoms. The first kappa shape index (κ1) is 29.8. The molecule has 0 saturated carbocycles. The number of hydrogen-bond donors (Lipinski definition) is 2. The van der Waals surface area contributed by atoms with Crippen molar-refractivity contribution < 1.29 is 28.6 Å². The monoisotopic (exact) mass is 588 g/mol. The summed E-state index contributed by atoms with van der Waals surface area (Å²) in [6, 6.07) is 14.9. The number of benzene rings is 2. The third kappa shape index (κ3) is 7.23. The lowest BCUT2D eigenvalue weighted by atomic mass is 10.0. The van der Waals surface area contributed by atoms with E-state index in [0.29, 0.717) is 60.1 Å². The topological polar surface area (TPSA) is 130 Å². The Kier molecular flexibility index (Phi) is 9.10. The van der Waals surface area contributed by atoms with E-state index in [9.17, 15) is 19.2 Å². The zero-order chi connectivity index (χ0) is 30.5. The van der Waals surface area contributed by atoms with E-state index in [1.54, 1.807) is 36.2 Å². The van der Waals surface area contributed by atoms with Crippen LogP contribution < -0.4 is 20.3 Å². The first-order valence-electron chi connectivity index (χ1n) is 14.5. The molecule has 3 aromatic rings. The van der Waals surface area contributed by atoms with Crippen molar-refractivity contribution in [3.05, 3.63) is 87.3 Å². The van der Waals surface area contributed by atoms with Crippen molar-refractivity contribution in [1.82, 2.24) is 20.1 Å². The van der Waals surface area contributed by atoms with E-state index in [0.717, 1.165) is 5.56 Å². The Balaban J connectivity index is 1.42. The Hall–Kier alpha value is -4.64. The molecule has 1 saturated heterocycles. The number of nitrogens with one attached hydrogen (secondary N) is 2. The predicted molar refractivity (Wildman–Crippen MR) is 159 cm³/mol. The molecule has 2 N–H and O–H groups in total. The minimum absolute atomic E-state index is 0.185. The Morgan fingerprint density at radius 2 is 1.88 bits per heavy atom. The molecular formula is C32H36N4O7. The van der Waals surface area contributed by atoms with E-state index in [1.165, 1.54) is 11.0 Å². The minimum Gasteiger partial charge on any atom is -0.494 e. The van der Waals surface area contributed by atoms with E-state index >= 15 is 0 Å². The molecule has 0 unspecified atom stereocenters. The molecule has 0 aliphatic carbocycles. The number of likely N-dealkylation sites (tertiary alicyclic amines) is 1. The summed E-state index contributed by atoms with van der Waals surface area (Å²) in [4.78, 5) is 57.8. The number of likely N-dealkylation sites (N-methyl/N-ethyl adjacent to an activating group) is 1. The van der Waals surface area contributed by atoms with Gasteiger partial charge < -0.3 is 34.3 Å². The Bertz CT molecular complexity index is 1570. The Labute approximate surface area is 249 Å². The van der Waals surface area contributed by atoms with Gasteiger partial charge in [0, 0.05) is 49.1 Å². The molecule has 5 rings (SSSR count). The average Bonchev–Trinajstić information content (AvgIpc) is 2.99. The Morgan fingerprint density at radius 1 is 1.05 bits per heavy atom. The first-order chi connectivity index (χ1) is 20.7. The van der Waals surface area contributed by atoms with Crippen molar-refractivity contribution in [3.63, 3.8) is 0 Å². The highest BCUT2D eigenvalue weighted by Gasteiger charge is 2.34. The molecule has 2 aliphatic heterocycles. The number of amides is 3. The number of aromatic amines is 1. The van der Waals surface area contributed by atoms with Crippen molar-refractivity contribution in [1.29, 1.82) is 0 Å². The van der Waals surface area contributed by atoms with Crippen molar-refractivity contribution in [2.75, 3.05) is 33.3 Å². The molecule has 0 spiro atoms. The average molecular weight is 589 g/mol. The molecule has 226 valence electrons. The fraction of sp³-hybridized carbons (Fsp3) is 0.375. The number of H-pyrrole nitrogens is 1. The largest absolute Gasteiger partial charge is 0.494 e. The summed E-state index contributed by atoms with van der Waals surface area (Å²) in [7, 11) is 1.55. The van der Waals surface area contributed by atoms with E-state index in [-0.39, 0.29) is 43.0 Å². The van der Waals surface area contributed by atoms with Gasteiger partial charge in [-0.15, -0.1) is 0 Å². The predicted octanol–water partition coefficient (Wildman–Crippen LogP) is 3.13. The van der Waals surface area contributed by atoms with Crippen molar-refractivity contribution >= 4 is 17.7 Å². The van der Waals surface area contributed by atoms with Gasteiger partial charge in [0.2, 0.25) is 11.5 Å².